The summed E-state index contributed by atoms with van der Waals surface area (Å²) in [6.07, 6.45) is -2.28. The Kier molecular flexibility index (Phi) is 8.10. The van der Waals surface area contributed by atoms with E-state index in [-0.39, 0.29) is 18.5 Å². The summed E-state index contributed by atoms with van der Waals surface area (Å²) < 4.78 is 36.7. The first kappa shape index (κ1) is 22.0. The van der Waals surface area contributed by atoms with Gasteiger partial charge >= 0.3 is 12.2 Å². The van der Waals surface area contributed by atoms with Crippen LogP contribution in [0.2, 0.25) is 0 Å². The van der Waals surface area contributed by atoms with Crippen molar-refractivity contribution in [2.45, 2.75) is 38.5 Å². The molecule has 0 aromatic heterocycles. The normalized spacial score (nSPS) is 14.6. The number of hydrogen-bond acceptors (Lipinski definition) is 3. The summed E-state index contributed by atoms with van der Waals surface area (Å²) in [6, 6.07) is 7.33. The van der Waals surface area contributed by atoms with Gasteiger partial charge in [0.05, 0.1) is 6.54 Å². The Morgan fingerprint density at radius 3 is 2.68 bits per heavy atom. The second-order valence-electron chi connectivity index (χ2n) is 7.05. The Labute approximate surface area is 163 Å². The van der Waals surface area contributed by atoms with Crippen molar-refractivity contribution in [1.29, 1.82) is 0 Å². The van der Waals surface area contributed by atoms with Crippen molar-refractivity contribution in [1.82, 2.24) is 20.4 Å². The van der Waals surface area contributed by atoms with Gasteiger partial charge in [0.15, 0.2) is 0 Å². The summed E-state index contributed by atoms with van der Waals surface area (Å²) in [5.74, 6) is 0.170. The molecule has 1 fully saturated rings. The van der Waals surface area contributed by atoms with Crippen LogP contribution in [0.15, 0.2) is 24.3 Å². The van der Waals surface area contributed by atoms with Crippen LogP contribution < -0.4 is 10.6 Å². The molecule has 0 bridgehead atoms. The third-order valence-corrected chi connectivity index (χ3v) is 4.44. The van der Waals surface area contributed by atoms with Crippen LogP contribution in [0.25, 0.3) is 0 Å². The Morgan fingerprint density at radius 1 is 1.25 bits per heavy atom. The lowest BCUT2D eigenvalue weighted by molar-refractivity contribution is -0.143. The van der Waals surface area contributed by atoms with E-state index in [2.05, 4.69) is 10.6 Å². The summed E-state index contributed by atoms with van der Waals surface area (Å²) in [6.45, 7) is 1.27. The Hall–Kier alpha value is -2.29. The first-order valence-corrected chi connectivity index (χ1v) is 9.35. The van der Waals surface area contributed by atoms with Gasteiger partial charge in [-0.15, -0.1) is 0 Å². The molecular formula is C19H27F3N4O2. The number of alkyl halides is 3. The van der Waals surface area contributed by atoms with Crippen molar-refractivity contribution in [2.75, 3.05) is 33.2 Å². The summed E-state index contributed by atoms with van der Waals surface area (Å²) in [4.78, 5) is 26.5. The Morgan fingerprint density at radius 2 is 2.00 bits per heavy atom. The van der Waals surface area contributed by atoms with E-state index in [0.717, 1.165) is 24.1 Å². The van der Waals surface area contributed by atoms with Crippen LogP contribution in [-0.4, -0.2) is 61.1 Å². The molecule has 2 N–H and O–H groups in total. The van der Waals surface area contributed by atoms with Crippen LogP contribution in [0.1, 0.15) is 30.4 Å². The fourth-order valence-corrected chi connectivity index (χ4v) is 3.11. The third-order valence-electron chi connectivity index (χ3n) is 4.44. The third kappa shape index (κ3) is 8.16. The molecule has 1 saturated heterocycles. The van der Waals surface area contributed by atoms with Crippen LogP contribution in [-0.2, 0) is 17.9 Å². The molecule has 0 spiro atoms. The lowest BCUT2D eigenvalue weighted by Crippen LogP contribution is -2.37. The Bertz CT molecular complexity index is 667. The minimum Gasteiger partial charge on any atom is -0.338 e. The lowest BCUT2D eigenvalue weighted by atomic mass is 10.1. The molecule has 0 aliphatic carbocycles. The van der Waals surface area contributed by atoms with Crippen LogP contribution in [0, 0.1) is 0 Å². The number of carbonyl (C=O) groups is 2. The number of urea groups is 1. The molecule has 1 aromatic rings. The van der Waals surface area contributed by atoms with E-state index < -0.39 is 12.7 Å². The molecule has 1 aliphatic rings. The monoisotopic (exact) mass is 400 g/mol. The van der Waals surface area contributed by atoms with Gasteiger partial charge in [0.2, 0.25) is 5.91 Å². The van der Waals surface area contributed by atoms with Crippen molar-refractivity contribution in [3.63, 3.8) is 0 Å². The van der Waals surface area contributed by atoms with E-state index in [9.17, 15) is 22.8 Å². The largest absolute Gasteiger partial charge is 0.401 e. The van der Waals surface area contributed by atoms with Gasteiger partial charge in [-0.3, -0.25) is 9.69 Å². The number of nitrogens with zero attached hydrogens (tertiary/aromatic N) is 2. The van der Waals surface area contributed by atoms with Gasteiger partial charge in [0.25, 0.3) is 0 Å². The van der Waals surface area contributed by atoms with Gasteiger partial charge < -0.3 is 15.5 Å². The number of likely N-dealkylation sites (tertiary alicyclic amines) is 1. The average Bonchev–Trinajstić information content (AvgIpc) is 3.00. The number of rotatable bonds is 9. The smallest absolute Gasteiger partial charge is 0.338 e. The van der Waals surface area contributed by atoms with E-state index in [1.807, 2.05) is 29.2 Å². The predicted octanol–water partition coefficient (Wildman–Crippen LogP) is 2.49. The summed E-state index contributed by atoms with van der Waals surface area (Å²) in [5, 5.41) is 5.37. The average molecular weight is 400 g/mol. The van der Waals surface area contributed by atoms with Crippen molar-refractivity contribution in [2.24, 2.45) is 0 Å². The number of carbonyl (C=O) groups excluding carboxylic acids is 2. The van der Waals surface area contributed by atoms with Crippen molar-refractivity contribution in [3.05, 3.63) is 35.4 Å². The fraction of sp³-hybridized carbons (Fsp3) is 0.579. The quantitative estimate of drug-likeness (QED) is 0.626. The zero-order valence-electron chi connectivity index (χ0n) is 16.0. The lowest BCUT2D eigenvalue weighted by Gasteiger charge is -2.18. The molecule has 1 heterocycles. The number of hydrogen-bond donors (Lipinski definition) is 2. The van der Waals surface area contributed by atoms with Gasteiger partial charge in [-0.25, -0.2) is 4.79 Å². The number of benzene rings is 1. The first-order chi connectivity index (χ1) is 13.2. The first-order valence-electron chi connectivity index (χ1n) is 9.35. The molecular weight excluding hydrogens is 373 g/mol. The summed E-state index contributed by atoms with van der Waals surface area (Å²) >= 11 is 0. The standard InChI is InChI=1S/C19H27F3N4O2/c1-25(14-19(20,21)22)9-4-8-23-18(28)24-12-15-5-2-6-16(11-15)13-26-10-3-7-17(26)27/h2,5-6,11H,3-4,7-10,12-14H2,1H3,(H2,23,24,28). The summed E-state index contributed by atoms with van der Waals surface area (Å²) in [7, 11) is 1.40. The van der Waals surface area contributed by atoms with E-state index in [0.29, 0.717) is 32.5 Å². The van der Waals surface area contributed by atoms with Crippen LogP contribution >= 0.6 is 0 Å². The highest BCUT2D eigenvalue weighted by atomic mass is 19.4. The number of amides is 3. The van der Waals surface area contributed by atoms with E-state index in [4.69, 9.17) is 0 Å². The molecule has 28 heavy (non-hydrogen) atoms. The topological polar surface area (TPSA) is 64.7 Å². The van der Waals surface area contributed by atoms with Gasteiger partial charge in [-0.2, -0.15) is 13.2 Å². The Balaban J connectivity index is 1.65. The van der Waals surface area contributed by atoms with Crippen LogP contribution in [0.4, 0.5) is 18.0 Å². The number of nitrogens with one attached hydrogen (secondary N) is 2. The van der Waals surface area contributed by atoms with Crippen molar-refractivity contribution >= 4 is 11.9 Å². The summed E-state index contributed by atoms with van der Waals surface area (Å²) in [5.41, 5.74) is 1.94. The SMILES string of the molecule is CN(CCCNC(=O)NCc1cccc(CN2CCCC2=O)c1)CC(F)(F)F. The zero-order chi connectivity index (χ0) is 20.6. The van der Waals surface area contributed by atoms with Gasteiger partial charge in [0.1, 0.15) is 0 Å². The maximum Gasteiger partial charge on any atom is 0.401 e. The molecule has 156 valence electrons. The van der Waals surface area contributed by atoms with Gasteiger partial charge in [-0.05, 0) is 37.6 Å². The minimum atomic E-state index is -4.21. The second-order valence-corrected chi connectivity index (χ2v) is 7.05. The fourth-order valence-electron chi connectivity index (χ4n) is 3.11. The molecule has 0 saturated carbocycles. The maximum atomic E-state index is 12.2. The highest BCUT2D eigenvalue weighted by molar-refractivity contribution is 5.78. The van der Waals surface area contributed by atoms with Crippen molar-refractivity contribution < 1.29 is 22.8 Å². The minimum absolute atomic E-state index is 0.170. The molecule has 2 rings (SSSR count). The highest BCUT2D eigenvalue weighted by Crippen LogP contribution is 2.16. The van der Waals surface area contributed by atoms with Crippen LogP contribution in [0.5, 0.6) is 0 Å². The van der Waals surface area contributed by atoms with Gasteiger partial charge in [-0.1, -0.05) is 24.3 Å². The molecule has 1 aromatic carbocycles. The van der Waals surface area contributed by atoms with E-state index in [1.54, 1.807) is 0 Å². The van der Waals surface area contributed by atoms with Crippen LogP contribution in [0.3, 0.4) is 0 Å². The zero-order valence-corrected chi connectivity index (χ0v) is 16.0. The number of halogens is 3. The second kappa shape index (κ2) is 10.3. The van der Waals surface area contributed by atoms with Gasteiger partial charge in [0, 0.05) is 32.6 Å². The predicted molar refractivity (Wildman–Crippen MR) is 99.5 cm³/mol. The molecule has 0 unspecified atom stereocenters. The van der Waals surface area contributed by atoms with E-state index >= 15 is 0 Å². The van der Waals surface area contributed by atoms with Crippen molar-refractivity contribution in [3.8, 4) is 0 Å². The molecule has 1 aliphatic heterocycles. The van der Waals surface area contributed by atoms with E-state index in [1.165, 1.54) is 11.9 Å². The highest BCUT2D eigenvalue weighted by Gasteiger charge is 2.28. The molecule has 3 amide bonds. The molecule has 6 nitrogen and oxygen atoms in total. The molecule has 9 heteroatoms. The molecule has 0 radical (unpaired) electrons. The maximum absolute atomic E-state index is 12.2. The molecule has 0 atom stereocenters.